The number of fused-ring (bicyclic) bond motifs is 1. The van der Waals surface area contributed by atoms with E-state index >= 15 is 0 Å². The van der Waals surface area contributed by atoms with E-state index in [9.17, 15) is 18.3 Å². The Morgan fingerprint density at radius 2 is 1.77 bits per heavy atom. The van der Waals surface area contributed by atoms with Gasteiger partial charge in [0.15, 0.2) is 5.82 Å². The van der Waals surface area contributed by atoms with Gasteiger partial charge in [0.05, 0.1) is 11.3 Å². The second kappa shape index (κ2) is 9.38. The van der Waals surface area contributed by atoms with Gasteiger partial charge in [-0.1, -0.05) is 0 Å². The summed E-state index contributed by atoms with van der Waals surface area (Å²) in [6.07, 6.45) is -1.92. The van der Waals surface area contributed by atoms with Gasteiger partial charge >= 0.3 is 6.18 Å². The molecule has 166 valence electrons. The Morgan fingerprint density at radius 1 is 1.06 bits per heavy atom. The van der Waals surface area contributed by atoms with Crippen molar-refractivity contribution in [3.05, 3.63) is 52.7 Å². The summed E-state index contributed by atoms with van der Waals surface area (Å²) in [6.45, 7) is 5.28. The number of aromatic nitrogens is 2. The van der Waals surface area contributed by atoms with Crippen LogP contribution in [0.15, 0.2) is 30.3 Å². The van der Waals surface area contributed by atoms with E-state index in [0.717, 1.165) is 24.7 Å². The zero-order chi connectivity index (χ0) is 22.6. The number of halogens is 3. The summed E-state index contributed by atoms with van der Waals surface area (Å²) >= 11 is 0. The van der Waals surface area contributed by atoms with E-state index in [0.29, 0.717) is 22.5 Å². The summed E-state index contributed by atoms with van der Waals surface area (Å²) in [4.78, 5) is 0. The molecule has 0 atom stereocenters. The van der Waals surface area contributed by atoms with Gasteiger partial charge in [-0.05, 0) is 68.1 Å². The number of phenolic OH excluding ortho intramolecular Hbond substituents is 1. The second-order valence-corrected chi connectivity index (χ2v) is 7.39. The Hall–Kier alpha value is -3.07. The number of aryl methyl sites for hydroxylation is 1. The van der Waals surface area contributed by atoms with Crippen molar-refractivity contribution in [3.8, 4) is 5.75 Å². The Balaban J connectivity index is 0.000000478. The number of phenols is 1. The minimum Gasteiger partial charge on any atom is -0.508 e. The molecule has 3 aromatic rings. The molecule has 2 heterocycles. The molecule has 31 heavy (non-hydrogen) atoms. The number of hydrogen-bond acceptors (Lipinski definition) is 6. The van der Waals surface area contributed by atoms with Crippen LogP contribution in [0.3, 0.4) is 0 Å². The number of nitrogen functional groups attached to an aromatic ring is 1. The number of hydrogen-bond donors (Lipinski definition) is 3. The fraction of sp³-hybridized carbons (Fsp3) is 0.364. The molecule has 1 aromatic heterocycles. The van der Waals surface area contributed by atoms with Gasteiger partial charge in [-0.15, -0.1) is 5.10 Å². The first-order valence-electron chi connectivity index (χ1n) is 9.90. The lowest BCUT2D eigenvalue weighted by atomic mass is 10.0. The average molecular weight is 434 g/mol. The molecule has 9 heteroatoms. The number of alkyl halides is 3. The lowest BCUT2D eigenvalue weighted by Crippen LogP contribution is -2.12. The van der Waals surface area contributed by atoms with Crippen LogP contribution in [0.4, 0.5) is 24.7 Å². The Morgan fingerprint density at radius 3 is 2.39 bits per heavy atom. The third-order valence-electron chi connectivity index (χ3n) is 5.06. The van der Waals surface area contributed by atoms with Gasteiger partial charge in [-0.25, -0.2) is 0 Å². The standard InChI is InChI=1S/C18H17F3N4O.C4H8O/c1-9-11(5-12(22)6-16(9)18(19,20)21)8-23-17-15-7-13(26)3-4-14(15)10(2)24-25-17;1-2-4-5-3-1/h3-7,26H,8,22H2,1-2H3,(H,23,25);1-4H2. The molecule has 0 saturated carbocycles. The van der Waals surface area contributed by atoms with E-state index in [4.69, 9.17) is 10.5 Å². The Bertz CT molecular complexity index is 1060. The van der Waals surface area contributed by atoms with Crippen LogP contribution in [-0.2, 0) is 17.5 Å². The van der Waals surface area contributed by atoms with Gasteiger partial charge in [0.2, 0.25) is 0 Å². The van der Waals surface area contributed by atoms with Crippen LogP contribution >= 0.6 is 0 Å². The van der Waals surface area contributed by atoms with Crippen LogP contribution in [0.2, 0.25) is 0 Å². The fourth-order valence-corrected chi connectivity index (χ4v) is 3.37. The van der Waals surface area contributed by atoms with Gasteiger partial charge < -0.3 is 20.9 Å². The molecule has 2 aromatic carbocycles. The molecule has 4 N–H and O–H groups in total. The van der Waals surface area contributed by atoms with Crippen LogP contribution in [0, 0.1) is 13.8 Å². The molecule has 0 unspecified atom stereocenters. The summed E-state index contributed by atoms with van der Waals surface area (Å²) in [5.74, 6) is 0.435. The zero-order valence-electron chi connectivity index (χ0n) is 17.4. The molecule has 6 nitrogen and oxygen atoms in total. The summed E-state index contributed by atoms with van der Waals surface area (Å²) < 4.78 is 44.4. The fourth-order valence-electron chi connectivity index (χ4n) is 3.37. The monoisotopic (exact) mass is 434 g/mol. The first-order chi connectivity index (χ1) is 14.7. The molecule has 4 rings (SSSR count). The van der Waals surface area contributed by atoms with Crippen molar-refractivity contribution in [2.24, 2.45) is 0 Å². The summed E-state index contributed by atoms with van der Waals surface area (Å²) in [6, 6.07) is 7.22. The smallest absolute Gasteiger partial charge is 0.416 e. The van der Waals surface area contributed by atoms with E-state index in [2.05, 4.69) is 15.5 Å². The van der Waals surface area contributed by atoms with E-state index in [1.165, 1.54) is 31.9 Å². The summed E-state index contributed by atoms with van der Waals surface area (Å²) in [5.41, 5.74) is 6.12. The van der Waals surface area contributed by atoms with Crippen molar-refractivity contribution < 1.29 is 23.0 Å². The maximum absolute atomic E-state index is 13.1. The van der Waals surface area contributed by atoms with Gasteiger partial charge in [-0.3, -0.25) is 0 Å². The lowest BCUT2D eigenvalue weighted by molar-refractivity contribution is -0.138. The van der Waals surface area contributed by atoms with E-state index in [1.807, 2.05) is 0 Å². The molecular weight excluding hydrogens is 409 g/mol. The van der Waals surface area contributed by atoms with Crippen molar-refractivity contribution in [3.63, 3.8) is 0 Å². The lowest BCUT2D eigenvalue weighted by Gasteiger charge is -2.16. The predicted octanol–water partition coefficient (Wildman–Crippen LogP) is 4.96. The first-order valence-corrected chi connectivity index (χ1v) is 9.90. The number of aromatic hydroxyl groups is 1. The van der Waals surface area contributed by atoms with Gasteiger partial charge in [0.1, 0.15) is 5.75 Å². The average Bonchev–Trinajstić information content (AvgIpc) is 3.29. The molecular formula is C22H25F3N4O2. The molecule has 0 aliphatic carbocycles. The minimum atomic E-state index is -4.48. The highest BCUT2D eigenvalue weighted by atomic mass is 19.4. The van der Waals surface area contributed by atoms with Crippen molar-refractivity contribution >= 4 is 22.3 Å². The van der Waals surface area contributed by atoms with E-state index in [1.54, 1.807) is 19.1 Å². The van der Waals surface area contributed by atoms with Crippen molar-refractivity contribution in [2.45, 2.75) is 39.4 Å². The molecule has 0 radical (unpaired) electrons. The normalized spacial score (nSPS) is 13.7. The van der Waals surface area contributed by atoms with Gasteiger partial charge in [0.25, 0.3) is 0 Å². The van der Waals surface area contributed by atoms with E-state index in [-0.39, 0.29) is 23.5 Å². The second-order valence-electron chi connectivity index (χ2n) is 7.39. The maximum Gasteiger partial charge on any atom is 0.416 e. The molecule has 1 fully saturated rings. The third kappa shape index (κ3) is 5.55. The van der Waals surface area contributed by atoms with Gasteiger partial charge in [0, 0.05) is 36.2 Å². The van der Waals surface area contributed by atoms with Crippen LogP contribution in [0.1, 0.15) is 35.2 Å². The molecule has 1 aliphatic rings. The summed E-state index contributed by atoms with van der Waals surface area (Å²) in [5, 5.41) is 22.3. The van der Waals surface area contributed by atoms with Crippen molar-refractivity contribution in [1.82, 2.24) is 10.2 Å². The molecule has 1 aliphatic heterocycles. The number of nitrogens with one attached hydrogen (secondary N) is 1. The summed E-state index contributed by atoms with van der Waals surface area (Å²) in [7, 11) is 0. The predicted molar refractivity (Wildman–Crippen MR) is 114 cm³/mol. The molecule has 0 spiro atoms. The highest BCUT2D eigenvalue weighted by molar-refractivity contribution is 5.93. The minimum absolute atomic E-state index is 0.0391. The van der Waals surface area contributed by atoms with Crippen LogP contribution < -0.4 is 11.1 Å². The Labute approximate surface area is 178 Å². The number of nitrogens with zero attached hydrogens (tertiary/aromatic N) is 2. The van der Waals surface area contributed by atoms with Crippen molar-refractivity contribution in [2.75, 3.05) is 24.3 Å². The van der Waals surface area contributed by atoms with E-state index < -0.39 is 11.7 Å². The highest BCUT2D eigenvalue weighted by Gasteiger charge is 2.33. The largest absolute Gasteiger partial charge is 0.508 e. The first kappa shape index (κ1) is 22.6. The van der Waals surface area contributed by atoms with Gasteiger partial charge in [-0.2, -0.15) is 18.3 Å². The molecule has 0 amide bonds. The molecule has 1 saturated heterocycles. The Kier molecular flexibility index (Phi) is 6.84. The SMILES string of the molecule is C1CCOC1.Cc1c(CNc2nnc(C)c3ccc(O)cc23)cc(N)cc1C(F)(F)F. The number of benzene rings is 2. The van der Waals surface area contributed by atoms with Crippen LogP contribution in [-0.4, -0.2) is 28.5 Å². The number of nitrogens with two attached hydrogens (primary N) is 1. The number of anilines is 2. The maximum atomic E-state index is 13.1. The molecule has 0 bridgehead atoms. The van der Waals surface area contributed by atoms with Crippen LogP contribution in [0.25, 0.3) is 10.8 Å². The van der Waals surface area contributed by atoms with Crippen molar-refractivity contribution in [1.29, 1.82) is 0 Å². The van der Waals surface area contributed by atoms with Crippen LogP contribution in [0.5, 0.6) is 5.75 Å². The zero-order valence-corrected chi connectivity index (χ0v) is 17.4. The number of rotatable bonds is 3. The highest BCUT2D eigenvalue weighted by Crippen LogP contribution is 2.35. The number of ether oxygens (including phenoxy) is 1. The third-order valence-corrected chi connectivity index (χ3v) is 5.06. The quantitative estimate of drug-likeness (QED) is 0.505. The topological polar surface area (TPSA) is 93.3 Å².